The molecule has 0 unspecified atom stereocenters. The van der Waals surface area contributed by atoms with Gasteiger partial charge in [-0.05, 0) is 31.2 Å². The van der Waals surface area contributed by atoms with Crippen LogP contribution in [0.2, 0.25) is 0 Å². The molecule has 1 aliphatic rings. The average molecular weight is 370 g/mol. The molecule has 2 aromatic rings. The van der Waals surface area contributed by atoms with Crippen molar-refractivity contribution in [3.63, 3.8) is 0 Å². The number of nitrogens with one attached hydrogen (secondary N) is 1. The summed E-state index contributed by atoms with van der Waals surface area (Å²) in [5.41, 5.74) is 1.14. The molecule has 132 valence electrons. The van der Waals surface area contributed by atoms with Gasteiger partial charge in [-0.2, -0.15) is 0 Å². The number of methoxy groups -OCH3 is 1. The maximum Gasteiger partial charge on any atom is 0.140 e. The topological polar surface area (TPSA) is 46.6 Å². The van der Waals surface area contributed by atoms with E-state index in [4.69, 9.17) is 9.47 Å². The lowest BCUT2D eigenvalue weighted by atomic mass is 10.2. The van der Waals surface area contributed by atoms with Gasteiger partial charge in [0, 0.05) is 37.6 Å². The van der Waals surface area contributed by atoms with Crippen molar-refractivity contribution in [3.8, 4) is 11.5 Å². The maximum absolute atomic E-state index is 5.78. The highest BCUT2D eigenvalue weighted by Crippen LogP contribution is 2.19. The van der Waals surface area contributed by atoms with Crippen LogP contribution in [0.15, 0.2) is 29.6 Å². The number of ether oxygens (including phenoxy) is 2. The van der Waals surface area contributed by atoms with Crippen molar-refractivity contribution in [3.05, 3.63) is 40.3 Å². The molecular weight excluding hydrogens is 346 g/mol. The highest BCUT2D eigenvalue weighted by atomic mass is 35.5. The Bertz CT molecular complexity index is 621. The van der Waals surface area contributed by atoms with Gasteiger partial charge >= 0.3 is 0 Å². The van der Waals surface area contributed by atoms with E-state index < -0.39 is 0 Å². The minimum absolute atomic E-state index is 0. The molecule has 1 fully saturated rings. The van der Waals surface area contributed by atoms with Gasteiger partial charge in [-0.3, -0.25) is 4.90 Å². The van der Waals surface area contributed by atoms with Crippen LogP contribution in [0.4, 0.5) is 0 Å². The Kier molecular flexibility index (Phi) is 7.30. The molecule has 0 bridgehead atoms. The predicted molar refractivity (Wildman–Crippen MR) is 99.4 cm³/mol. The zero-order chi connectivity index (χ0) is 16.1. The number of benzene rings is 1. The van der Waals surface area contributed by atoms with Crippen LogP contribution in [0.1, 0.15) is 17.6 Å². The molecule has 1 aromatic carbocycles. The Labute approximate surface area is 153 Å². The molecule has 0 saturated carbocycles. The summed E-state index contributed by atoms with van der Waals surface area (Å²) in [5, 5.41) is 6.61. The second kappa shape index (κ2) is 9.22. The molecule has 0 amide bonds. The summed E-state index contributed by atoms with van der Waals surface area (Å²) in [6.07, 6.45) is 0. The molecule has 1 saturated heterocycles. The molecule has 0 radical (unpaired) electrons. The third-order valence-electron chi connectivity index (χ3n) is 3.86. The van der Waals surface area contributed by atoms with Gasteiger partial charge in [-0.1, -0.05) is 0 Å². The van der Waals surface area contributed by atoms with Crippen LogP contribution >= 0.6 is 23.7 Å². The highest BCUT2D eigenvalue weighted by molar-refractivity contribution is 7.09. The quantitative estimate of drug-likeness (QED) is 0.848. The van der Waals surface area contributed by atoms with Crippen LogP contribution in [0.3, 0.4) is 0 Å². The van der Waals surface area contributed by atoms with Gasteiger partial charge in [-0.25, -0.2) is 4.98 Å². The van der Waals surface area contributed by atoms with E-state index in [1.165, 1.54) is 0 Å². The molecule has 1 atom stereocenters. The molecule has 1 aliphatic heterocycles. The van der Waals surface area contributed by atoms with Crippen LogP contribution in [-0.2, 0) is 13.2 Å². The molecular formula is C17H24ClN3O2S. The first-order valence-corrected chi connectivity index (χ1v) is 8.77. The average Bonchev–Trinajstić information content (AvgIpc) is 3.01. The fourth-order valence-electron chi connectivity index (χ4n) is 2.69. The largest absolute Gasteiger partial charge is 0.497 e. The summed E-state index contributed by atoms with van der Waals surface area (Å²) < 4.78 is 10.9. The zero-order valence-electron chi connectivity index (χ0n) is 14.0. The molecule has 2 heterocycles. The SMILES string of the molecule is COc1ccc(OCc2nc(CN3CCN[C@@H](C)C3)cs2)cc1.Cl. The van der Waals surface area contributed by atoms with Gasteiger partial charge in [0.2, 0.25) is 0 Å². The summed E-state index contributed by atoms with van der Waals surface area (Å²) in [4.78, 5) is 7.13. The number of piperazine rings is 1. The fourth-order valence-corrected chi connectivity index (χ4v) is 3.39. The molecule has 0 aliphatic carbocycles. The van der Waals surface area contributed by atoms with E-state index in [1.54, 1.807) is 18.4 Å². The van der Waals surface area contributed by atoms with Crippen molar-refractivity contribution in [2.45, 2.75) is 26.1 Å². The first-order valence-electron chi connectivity index (χ1n) is 7.89. The number of rotatable bonds is 6. The van der Waals surface area contributed by atoms with Gasteiger partial charge in [0.25, 0.3) is 0 Å². The third-order valence-corrected chi connectivity index (χ3v) is 4.73. The minimum Gasteiger partial charge on any atom is -0.497 e. The van der Waals surface area contributed by atoms with E-state index >= 15 is 0 Å². The van der Waals surface area contributed by atoms with Gasteiger partial charge in [0.15, 0.2) is 0 Å². The summed E-state index contributed by atoms with van der Waals surface area (Å²) in [6, 6.07) is 8.17. The van der Waals surface area contributed by atoms with Gasteiger partial charge in [0.05, 0.1) is 12.8 Å². The van der Waals surface area contributed by atoms with Crippen molar-refractivity contribution in [1.82, 2.24) is 15.2 Å². The zero-order valence-corrected chi connectivity index (χ0v) is 15.7. The van der Waals surface area contributed by atoms with Gasteiger partial charge < -0.3 is 14.8 Å². The van der Waals surface area contributed by atoms with Crippen molar-refractivity contribution >= 4 is 23.7 Å². The normalized spacial score (nSPS) is 18.0. The van der Waals surface area contributed by atoms with Crippen molar-refractivity contribution in [2.75, 3.05) is 26.7 Å². The van der Waals surface area contributed by atoms with Crippen LogP contribution in [0, 0.1) is 0 Å². The second-order valence-electron chi connectivity index (χ2n) is 5.79. The lowest BCUT2D eigenvalue weighted by Crippen LogP contribution is -2.48. The lowest BCUT2D eigenvalue weighted by Gasteiger charge is -2.31. The monoisotopic (exact) mass is 369 g/mol. The Morgan fingerprint density at radius 3 is 2.75 bits per heavy atom. The van der Waals surface area contributed by atoms with E-state index in [9.17, 15) is 0 Å². The Hall–Kier alpha value is -1.34. The molecule has 3 rings (SSSR count). The summed E-state index contributed by atoms with van der Waals surface area (Å²) in [7, 11) is 1.66. The maximum atomic E-state index is 5.78. The van der Waals surface area contributed by atoms with Crippen molar-refractivity contribution < 1.29 is 9.47 Å². The van der Waals surface area contributed by atoms with Crippen molar-refractivity contribution in [1.29, 1.82) is 0 Å². The van der Waals surface area contributed by atoms with E-state index in [2.05, 4.69) is 27.5 Å². The van der Waals surface area contributed by atoms with E-state index in [-0.39, 0.29) is 12.4 Å². The molecule has 0 spiro atoms. The number of aromatic nitrogens is 1. The highest BCUT2D eigenvalue weighted by Gasteiger charge is 2.16. The summed E-state index contributed by atoms with van der Waals surface area (Å²) in [5.74, 6) is 1.66. The Morgan fingerprint density at radius 1 is 1.29 bits per heavy atom. The number of thiazole rings is 1. The number of hydrogen-bond acceptors (Lipinski definition) is 6. The molecule has 1 N–H and O–H groups in total. The number of hydrogen-bond donors (Lipinski definition) is 1. The second-order valence-corrected chi connectivity index (χ2v) is 6.73. The van der Waals surface area contributed by atoms with Crippen LogP contribution in [0.25, 0.3) is 0 Å². The third kappa shape index (κ3) is 5.34. The molecule has 24 heavy (non-hydrogen) atoms. The Balaban J connectivity index is 0.00000208. The molecule has 1 aromatic heterocycles. The standard InChI is InChI=1S/C17H23N3O2S.ClH/c1-13-9-20(8-7-18-13)10-14-12-23-17(19-14)11-22-16-5-3-15(21-2)4-6-16;/h3-6,12-13,18H,7-11H2,1-2H3;1H/t13-;/m0./s1. The van der Waals surface area contributed by atoms with E-state index in [1.807, 2.05) is 24.3 Å². The number of nitrogens with zero attached hydrogens (tertiary/aromatic N) is 2. The van der Waals surface area contributed by atoms with Crippen LogP contribution in [0.5, 0.6) is 11.5 Å². The minimum atomic E-state index is 0. The van der Waals surface area contributed by atoms with Crippen LogP contribution in [-0.4, -0.2) is 42.7 Å². The Morgan fingerprint density at radius 2 is 2.04 bits per heavy atom. The number of halogens is 1. The van der Waals surface area contributed by atoms with E-state index in [0.29, 0.717) is 12.6 Å². The first-order chi connectivity index (χ1) is 11.2. The summed E-state index contributed by atoms with van der Waals surface area (Å²) >= 11 is 1.66. The summed E-state index contributed by atoms with van der Waals surface area (Å²) in [6.45, 7) is 6.87. The van der Waals surface area contributed by atoms with Crippen LogP contribution < -0.4 is 14.8 Å². The lowest BCUT2D eigenvalue weighted by molar-refractivity contribution is 0.197. The van der Waals surface area contributed by atoms with Crippen molar-refractivity contribution in [2.24, 2.45) is 0 Å². The molecule has 5 nitrogen and oxygen atoms in total. The van der Waals surface area contributed by atoms with Gasteiger partial charge in [0.1, 0.15) is 23.1 Å². The predicted octanol–water partition coefficient (Wildman–Crippen LogP) is 2.95. The van der Waals surface area contributed by atoms with E-state index in [0.717, 1.165) is 48.4 Å². The van der Waals surface area contributed by atoms with Gasteiger partial charge in [-0.15, -0.1) is 23.7 Å². The first kappa shape index (κ1) is 19.0. The smallest absolute Gasteiger partial charge is 0.140 e. The fraction of sp³-hybridized carbons (Fsp3) is 0.471. The molecule has 7 heteroatoms.